The smallest absolute Gasteiger partial charge is 0.229 e. The molecule has 0 bridgehead atoms. The van der Waals surface area contributed by atoms with Gasteiger partial charge < -0.3 is 19.7 Å². The van der Waals surface area contributed by atoms with E-state index in [0.29, 0.717) is 28.8 Å². The number of hydrogen-bond acceptors (Lipinski definition) is 6. The number of nitrogens with one attached hydrogen (secondary N) is 1. The zero-order valence-electron chi connectivity index (χ0n) is 18.0. The van der Waals surface area contributed by atoms with Crippen molar-refractivity contribution in [2.24, 2.45) is 5.92 Å². The van der Waals surface area contributed by atoms with Crippen LogP contribution in [0.25, 0.3) is 11.3 Å². The summed E-state index contributed by atoms with van der Waals surface area (Å²) < 4.78 is 10.6. The maximum Gasteiger partial charge on any atom is 0.229 e. The van der Waals surface area contributed by atoms with Crippen molar-refractivity contribution in [2.45, 2.75) is 12.8 Å². The molecule has 1 fully saturated rings. The molecule has 1 atom stereocenters. The average molecular weight is 453 g/mol. The quantitative estimate of drug-likeness (QED) is 0.585. The fourth-order valence-electron chi connectivity index (χ4n) is 3.80. The highest BCUT2D eigenvalue weighted by atomic mass is 35.5. The van der Waals surface area contributed by atoms with E-state index in [9.17, 15) is 4.79 Å². The number of benzene rings is 2. The molecule has 1 N–H and O–H groups in total. The molecule has 0 spiro atoms. The van der Waals surface area contributed by atoms with Crippen LogP contribution in [0.2, 0.25) is 5.02 Å². The number of halogens is 1. The number of amides is 1. The van der Waals surface area contributed by atoms with Crippen molar-refractivity contribution in [3.8, 4) is 22.8 Å². The van der Waals surface area contributed by atoms with Gasteiger partial charge in [-0.15, -0.1) is 10.2 Å². The Kier molecular flexibility index (Phi) is 6.75. The Morgan fingerprint density at radius 3 is 2.56 bits per heavy atom. The number of ether oxygens (including phenoxy) is 2. The molecule has 1 aromatic heterocycles. The monoisotopic (exact) mass is 452 g/mol. The van der Waals surface area contributed by atoms with Gasteiger partial charge in [0.05, 0.1) is 31.5 Å². The first kappa shape index (κ1) is 21.9. The molecule has 4 rings (SSSR count). The minimum absolute atomic E-state index is 0.0380. The summed E-state index contributed by atoms with van der Waals surface area (Å²) in [7, 11) is 3.16. The first-order chi connectivity index (χ1) is 15.6. The van der Waals surface area contributed by atoms with Crippen molar-refractivity contribution in [3.63, 3.8) is 0 Å². The molecule has 1 unspecified atom stereocenters. The third-order valence-electron chi connectivity index (χ3n) is 5.57. The Hall–Kier alpha value is -3.32. The van der Waals surface area contributed by atoms with Gasteiger partial charge in [0, 0.05) is 29.7 Å². The highest BCUT2D eigenvalue weighted by molar-refractivity contribution is 6.30. The van der Waals surface area contributed by atoms with Gasteiger partial charge >= 0.3 is 0 Å². The summed E-state index contributed by atoms with van der Waals surface area (Å²) in [5.41, 5.74) is 2.36. The molecule has 1 saturated heterocycles. The van der Waals surface area contributed by atoms with Gasteiger partial charge in [0.2, 0.25) is 5.91 Å². The lowest BCUT2D eigenvalue weighted by Gasteiger charge is -2.32. The van der Waals surface area contributed by atoms with E-state index in [1.54, 1.807) is 32.4 Å². The second-order valence-electron chi connectivity index (χ2n) is 7.62. The summed E-state index contributed by atoms with van der Waals surface area (Å²) in [6.45, 7) is 1.42. The molecular weight excluding hydrogens is 428 g/mol. The van der Waals surface area contributed by atoms with Crippen LogP contribution in [0.5, 0.6) is 11.5 Å². The summed E-state index contributed by atoms with van der Waals surface area (Å²) in [5, 5.41) is 12.4. The molecule has 0 aliphatic carbocycles. The van der Waals surface area contributed by atoms with E-state index in [1.165, 1.54) is 0 Å². The van der Waals surface area contributed by atoms with Crippen LogP contribution in [-0.4, -0.2) is 43.4 Å². The molecule has 0 radical (unpaired) electrons. The molecule has 0 saturated carbocycles. The summed E-state index contributed by atoms with van der Waals surface area (Å²) in [4.78, 5) is 15.1. The fourth-order valence-corrected chi connectivity index (χ4v) is 3.93. The number of piperidine rings is 1. The molecule has 7 nitrogen and oxygen atoms in total. The normalized spacial score (nSPS) is 15.8. The van der Waals surface area contributed by atoms with E-state index in [-0.39, 0.29) is 11.8 Å². The predicted octanol–water partition coefficient (Wildman–Crippen LogP) is 4.67. The minimum atomic E-state index is -0.159. The van der Waals surface area contributed by atoms with E-state index in [0.717, 1.165) is 36.5 Å². The molecule has 1 aliphatic rings. The second-order valence-corrected chi connectivity index (χ2v) is 8.06. The van der Waals surface area contributed by atoms with Crippen molar-refractivity contribution >= 4 is 29.0 Å². The van der Waals surface area contributed by atoms with Crippen LogP contribution in [0.15, 0.2) is 54.6 Å². The highest BCUT2D eigenvalue weighted by Gasteiger charge is 2.27. The molecular formula is C24H25ClN4O3. The SMILES string of the molecule is COc1ccc(NC(=O)C2CCCN(c3ccc(-c4ccc(Cl)cc4)nn3)C2)c(OC)c1. The second kappa shape index (κ2) is 9.87. The molecule has 2 heterocycles. The van der Waals surface area contributed by atoms with E-state index in [4.69, 9.17) is 21.1 Å². The number of hydrogen-bond donors (Lipinski definition) is 1. The molecule has 2 aromatic carbocycles. The zero-order valence-corrected chi connectivity index (χ0v) is 18.8. The minimum Gasteiger partial charge on any atom is -0.497 e. The maximum atomic E-state index is 13.0. The van der Waals surface area contributed by atoms with E-state index < -0.39 is 0 Å². The van der Waals surface area contributed by atoms with Crippen LogP contribution >= 0.6 is 11.6 Å². The molecule has 1 aliphatic heterocycles. The number of nitrogens with zero attached hydrogens (tertiary/aromatic N) is 3. The lowest BCUT2D eigenvalue weighted by Crippen LogP contribution is -2.41. The molecule has 3 aromatic rings. The number of anilines is 2. The Balaban J connectivity index is 1.43. The first-order valence-electron chi connectivity index (χ1n) is 10.4. The van der Waals surface area contributed by atoms with Gasteiger partial charge in [-0.2, -0.15) is 0 Å². The largest absolute Gasteiger partial charge is 0.497 e. The van der Waals surface area contributed by atoms with Gasteiger partial charge in [0.15, 0.2) is 5.82 Å². The number of carbonyl (C=O) groups is 1. The number of methoxy groups -OCH3 is 2. The molecule has 8 heteroatoms. The highest BCUT2D eigenvalue weighted by Crippen LogP contribution is 2.30. The van der Waals surface area contributed by atoms with Gasteiger partial charge in [-0.3, -0.25) is 4.79 Å². The van der Waals surface area contributed by atoms with Crippen LogP contribution in [0.3, 0.4) is 0 Å². The lowest BCUT2D eigenvalue weighted by molar-refractivity contribution is -0.120. The van der Waals surface area contributed by atoms with E-state index in [1.807, 2.05) is 36.4 Å². The first-order valence-corrected chi connectivity index (χ1v) is 10.8. The van der Waals surface area contributed by atoms with Crippen molar-refractivity contribution in [1.82, 2.24) is 10.2 Å². The van der Waals surface area contributed by atoms with E-state index in [2.05, 4.69) is 20.4 Å². The summed E-state index contributed by atoms with van der Waals surface area (Å²) in [6.07, 6.45) is 1.72. The van der Waals surface area contributed by atoms with Crippen LogP contribution in [0, 0.1) is 5.92 Å². The lowest BCUT2D eigenvalue weighted by atomic mass is 9.97. The molecule has 32 heavy (non-hydrogen) atoms. The predicted molar refractivity (Wildman–Crippen MR) is 126 cm³/mol. The summed E-state index contributed by atoms with van der Waals surface area (Å²) in [5.74, 6) is 1.80. The van der Waals surface area contributed by atoms with Gasteiger partial charge in [-0.05, 0) is 49.2 Å². The van der Waals surface area contributed by atoms with Gasteiger partial charge in [0.1, 0.15) is 11.5 Å². The maximum absolute atomic E-state index is 13.0. The van der Waals surface area contributed by atoms with E-state index >= 15 is 0 Å². The molecule has 166 valence electrons. The Morgan fingerprint density at radius 1 is 1.06 bits per heavy atom. The third kappa shape index (κ3) is 4.94. The average Bonchev–Trinajstić information content (AvgIpc) is 2.85. The standard InChI is InChI=1S/C24H25ClN4O3/c1-31-19-9-10-21(22(14-19)32-2)26-24(30)17-4-3-13-29(15-17)23-12-11-20(27-28-23)16-5-7-18(25)8-6-16/h5-12,14,17H,3-4,13,15H2,1-2H3,(H,26,30). The Labute approximate surface area is 192 Å². The Bertz CT molecular complexity index is 1070. The zero-order chi connectivity index (χ0) is 22.5. The van der Waals surface area contributed by atoms with Crippen LogP contribution in [-0.2, 0) is 4.79 Å². The van der Waals surface area contributed by atoms with Crippen molar-refractivity contribution < 1.29 is 14.3 Å². The van der Waals surface area contributed by atoms with Crippen LogP contribution < -0.4 is 19.7 Å². The number of rotatable bonds is 6. The summed E-state index contributed by atoms with van der Waals surface area (Å²) >= 11 is 5.96. The van der Waals surface area contributed by atoms with Gasteiger partial charge in [-0.1, -0.05) is 23.7 Å². The van der Waals surface area contributed by atoms with Gasteiger partial charge in [0.25, 0.3) is 0 Å². The molecule has 1 amide bonds. The topological polar surface area (TPSA) is 76.6 Å². The van der Waals surface area contributed by atoms with Crippen molar-refractivity contribution in [1.29, 1.82) is 0 Å². The third-order valence-corrected chi connectivity index (χ3v) is 5.83. The Morgan fingerprint density at radius 2 is 1.88 bits per heavy atom. The fraction of sp³-hybridized carbons (Fsp3) is 0.292. The van der Waals surface area contributed by atoms with Crippen molar-refractivity contribution in [2.75, 3.05) is 37.5 Å². The van der Waals surface area contributed by atoms with Gasteiger partial charge in [-0.25, -0.2) is 0 Å². The number of aromatic nitrogens is 2. The van der Waals surface area contributed by atoms with Crippen LogP contribution in [0.4, 0.5) is 11.5 Å². The number of carbonyl (C=O) groups excluding carboxylic acids is 1. The van der Waals surface area contributed by atoms with Crippen LogP contribution in [0.1, 0.15) is 12.8 Å². The van der Waals surface area contributed by atoms with Crippen molar-refractivity contribution in [3.05, 3.63) is 59.6 Å². The summed E-state index contributed by atoms with van der Waals surface area (Å²) in [6, 6.07) is 16.7.